The number of aromatic nitrogens is 2. The lowest BCUT2D eigenvalue weighted by molar-refractivity contribution is 0.377. The minimum absolute atomic E-state index is 0.362. The van der Waals surface area contributed by atoms with Crippen LogP contribution in [0.4, 0.5) is 11.4 Å². The molecule has 0 bridgehead atoms. The van der Waals surface area contributed by atoms with Crippen LogP contribution in [0.3, 0.4) is 0 Å². The molecular formula is C24H27N5O3. The van der Waals surface area contributed by atoms with Crippen molar-refractivity contribution in [3.05, 3.63) is 62.3 Å². The van der Waals surface area contributed by atoms with Crippen molar-refractivity contribution in [1.29, 1.82) is 0 Å². The topological polar surface area (TPSA) is 102 Å². The van der Waals surface area contributed by atoms with E-state index in [1.54, 1.807) is 7.11 Å². The molecular weight excluding hydrogens is 406 g/mol. The Balaban J connectivity index is 1.25. The van der Waals surface area contributed by atoms with Gasteiger partial charge in [-0.1, -0.05) is 12.1 Å². The van der Waals surface area contributed by atoms with E-state index in [0.717, 1.165) is 43.1 Å². The van der Waals surface area contributed by atoms with Crippen LogP contribution in [0, 0.1) is 5.92 Å². The molecule has 6 rings (SSSR count). The third kappa shape index (κ3) is 3.01. The molecule has 0 spiro atoms. The average molecular weight is 434 g/mol. The number of rotatable bonds is 4. The van der Waals surface area contributed by atoms with Crippen LogP contribution in [0.25, 0.3) is 10.9 Å². The molecule has 1 saturated heterocycles. The van der Waals surface area contributed by atoms with Gasteiger partial charge in [-0.15, -0.1) is 0 Å². The summed E-state index contributed by atoms with van der Waals surface area (Å²) in [5, 5.41) is 7.67. The molecule has 3 heterocycles. The average Bonchev–Trinajstić information content (AvgIpc) is 3.39. The molecule has 4 N–H and O–H groups in total. The molecule has 1 aromatic heterocycles. The van der Waals surface area contributed by atoms with Crippen molar-refractivity contribution in [2.24, 2.45) is 5.92 Å². The number of methoxy groups -OCH3 is 1. The first-order chi connectivity index (χ1) is 15.6. The Kier molecular flexibility index (Phi) is 4.50. The predicted octanol–water partition coefficient (Wildman–Crippen LogP) is 2.12. The molecule has 166 valence electrons. The summed E-state index contributed by atoms with van der Waals surface area (Å²) >= 11 is 0. The third-order valence-corrected chi connectivity index (χ3v) is 7.46. The van der Waals surface area contributed by atoms with Crippen LogP contribution in [0.5, 0.6) is 5.75 Å². The molecule has 0 amide bonds. The van der Waals surface area contributed by atoms with Gasteiger partial charge >= 0.3 is 5.69 Å². The summed E-state index contributed by atoms with van der Waals surface area (Å²) in [6, 6.07) is 10.6. The standard InChI is InChI=1S/C24H27N5O3/c1-32-21-4-2-3-15-14(21)6-5-13-11-25-17(22(13)15)7-8-29-12-26-19-9-16-18(10-20(19)29)27-24(31)28-23(16)30/h2-4,9-10,13,17,22,25-26H,5-8,11-12H2,1H3,(H2,27,28,30,31). The van der Waals surface area contributed by atoms with Crippen molar-refractivity contribution in [1.82, 2.24) is 15.3 Å². The van der Waals surface area contributed by atoms with Gasteiger partial charge in [0, 0.05) is 18.5 Å². The molecule has 3 aromatic rings. The number of fused-ring (bicyclic) bond motifs is 5. The van der Waals surface area contributed by atoms with Gasteiger partial charge in [0.05, 0.1) is 36.1 Å². The Morgan fingerprint density at radius 3 is 2.97 bits per heavy atom. The van der Waals surface area contributed by atoms with Crippen LogP contribution in [0.2, 0.25) is 0 Å². The number of nitrogens with zero attached hydrogens (tertiary/aromatic N) is 1. The minimum Gasteiger partial charge on any atom is -0.496 e. The molecule has 0 saturated carbocycles. The fourth-order valence-electron chi connectivity index (χ4n) is 5.97. The van der Waals surface area contributed by atoms with Gasteiger partial charge in [-0.3, -0.25) is 9.78 Å². The van der Waals surface area contributed by atoms with Crippen molar-refractivity contribution in [2.75, 3.05) is 37.1 Å². The first-order valence-electron chi connectivity index (χ1n) is 11.3. The summed E-state index contributed by atoms with van der Waals surface area (Å²) in [6.45, 7) is 2.65. The fourth-order valence-corrected chi connectivity index (χ4v) is 5.97. The molecule has 1 aliphatic carbocycles. The number of benzene rings is 2. The Morgan fingerprint density at radius 2 is 2.09 bits per heavy atom. The van der Waals surface area contributed by atoms with Gasteiger partial charge in [-0.2, -0.15) is 0 Å². The highest BCUT2D eigenvalue weighted by Crippen LogP contribution is 2.45. The summed E-state index contributed by atoms with van der Waals surface area (Å²) in [5.74, 6) is 2.19. The van der Waals surface area contributed by atoms with E-state index in [2.05, 4.69) is 43.7 Å². The molecule has 2 aromatic carbocycles. The summed E-state index contributed by atoms with van der Waals surface area (Å²) in [7, 11) is 1.76. The molecule has 3 unspecified atom stereocenters. The predicted molar refractivity (Wildman–Crippen MR) is 125 cm³/mol. The molecule has 8 heteroatoms. The largest absolute Gasteiger partial charge is 0.496 e. The Bertz CT molecular complexity index is 1310. The second kappa shape index (κ2) is 7.41. The number of hydrogen-bond acceptors (Lipinski definition) is 6. The summed E-state index contributed by atoms with van der Waals surface area (Å²) < 4.78 is 5.64. The maximum absolute atomic E-state index is 12.1. The van der Waals surface area contributed by atoms with Crippen molar-refractivity contribution in [3.63, 3.8) is 0 Å². The molecule has 3 atom stereocenters. The smallest absolute Gasteiger partial charge is 0.326 e. The van der Waals surface area contributed by atoms with E-state index in [4.69, 9.17) is 4.74 Å². The van der Waals surface area contributed by atoms with E-state index < -0.39 is 5.69 Å². The van der Waals surface area contributed by atoms with Crippen molar-refractivity contribution in [2.45, 2.75) is 31.2 Å². The minimum atomic E-state index is -0.479. The van der Waals surface area contributed by atoms with E-state index in [-0.39, 0.29) is 5.56 Å². The van der Waals surface area contributed by atoms with Gasteiger partial charge in [0.2, 0.25) is 0 Å². The summed E-state index contributed by atoms with van der Waals surface area (Å²) in [5.41, 5.74) is 4.50. The van der Waals surface area contributed by atoms with E-state index >= 15 is 0 Å². The van der Waals surface area contributed by atoms with Crippen molar-refractivity contribution < 1.29 is 4.74 Å². The lowest BCUT2D eigenvalue weighted by Gasteiger charge is -2.32. The van der Waals surface area contributed by atoms with Crippen LogP contribution in [-0.2, 0) is 6.42 Å². The van der Waals surface area contributed by atoms with Gasteiger partial charge in [-0.25, -0.2) is 4.79 Å². The van der Waals surface area contributed by atoms with Crippen LogP contribution < -0.4 is 31.5 Å². The second-order valence-corrected chi connectivity index (χ2v) is 9.08. The van der Waals surface area contributed by atoms with Crippen molar-refractivity contribution >= 4 is 22.3 Å². The number of aromatic amines is 2. The maximum Gasteiger partial charge on any atom is 0.326 e. The molecule has 8 nitrogen and oxygen atoms in total. The first kappa shape index (κ1) is 19.4. The van der Waals surface area contributed by atoms with Gasteiger partial charge in [0.15, 0.2) is 0 Å². The third-order valence-electron chi connectivity index (χ3n) is 7.46. The highest BCUT2D eigenvalue weighted by molar-refractivity contribution is 5.91. The number of anilines is 2. The number of ether oxygens (including phenoxy) is 1. The number of nitrogens with one attached hydrogen (secondary N) is 4. The first-order valence-corrected chi connectivity index (χ1v) is 11.3. The van der Waals surface area contributed by atoms with E-state index in [1.165, 1.54) is 17.5 Å². The number of H-pyrrole nitrogens is 2. The maximum atomic E-state index is 12.1. The molecule has 32 heavy (non-hydrogen) atoms. The zero-order chi connectivity index (χ0) is 21.8. The molecule has 2 aliphatic heterocycles. The Hall–Kier alpha value is -3.26. The summed E-state index contributed by atoms with van der Waals surface area (Å²) in [4.78, 5) is 31.2. The zero-order valence-electron chi connectivity index (χ0n) is 18.0. The highest BCUT2D eigenvalue weighted by Gasteiger charge is 2.41. The van der Waals surface area contributed by atoms with E-state index in [1.807, 2.05) is 12.1 Å². The lowest BCUT2D eigenvalue weighted by atomic mass is 9.73. The molecule has 3 aliphatic rings. The fraction of sp³-hybridized carbons (Fsp3) is 0.417. The van der Waals surface area contributed by atoms with Crippen LogP contribution in [-0.4, -0.2) is 42.9 Å². The second-order valence-electron chi connectivity index (χ2n) is 9.08. The van der Waals surface area contributed by atoms with Gasteiger partial charge < -0.3 is 25.3 Å². The van der Waals surface area contributed by atoms with E-state index in [9.17, 15) is 9.59 Å². The Morgan fingerprint density at radius 1 is 1.19 bits per heavy atom. The summed E-state index contributed by atoms with van der Waals surface area (Å²) in [6.07, 6.45) is 3.30. The lowest BCUT2D eigenvalue weighted by Crippen LogP contribution is -2.34. The molecule has 0 radical (unpaired) electrons. The highest BCUT2D eigenvalue weighted by atomic mass is 16.5. The zero-order valence-corrected chi connectivity index (χ0v) is 18.0. The van der Waals surface area contributed by atoms with Crippen LogP contribution in [0.1, 0.15) is 29.9 Å². The normalized spacial score (nSPS) is 23.5. The van der Waals surface area contributed by atoms with Gasteiger partial charge in [0.1, 0.15) is 5.75 Å². The number of hydrogen-bond donors (Lipinski definition) is 4. The van der Waals surface area contributed by atoms with Crippen LogP contribution >= 0.6 is 0 Å². The Labute approximate surface area is 185 Å². The molecule has 1 fully saturated rings. The quantitative estimate of drug-likeness (QED) is 0.503. The van der Waals surface area contributed by atoms with E-state index in [0.29, 0.717) is 35.4 Å². The SMILES string of the molecule is COc1cccc2c1CCC1CNC(CCN3CNc4cc5c(=O)[nH]c(=O)[nH]c5cc43)C21. The van der Waals surface area contributed by atoms with Crippen LogP contribution in [0.15, 0.2) is 39.9 Å². The van der Waals surface area contributed by atoms with Gasteiger partial charge in [-0.05, 0) is 61.1 Å². The van der Waals surface area contributed by atoms with Gasteiger partial charge in [0.25, 0.3) is 5.56 Å². The van der Waals surface area contributed by atoms with Crippen molar-refractivity contribution in [3.8, 4) is 5.75 Å². The monoisotopic (exact) mass is 433 g/mol.